The van der Waals surface area contributed by atoms with E-state index < -0.39 is 11.7 Å². The first-order chi connectivity index (χ1) is 14.4. The fourth-order valence-corrected chi connectivity index (χ4v) is 3.70. The van der Waals surface area contributed by atoms with Crippen molar-refractivity contribution >= 4 is 5.91 Å². The molecule has 0 aliphatic carbocycles. The van der Waals surface area contributed by atoms with Gasteiger partial charge < -0.3 is 15.1 Å². The molecule has 1 aliphatic heterocycles. The van der Waals surface area contributed by atoms with E-state index in [-0.39, 0.29) is 5.91 Å². The summed E-state index contributed by atoms with van der Waals surface area (Å²) in [4.78, 5) is 17.5. The van der Waals surface area contributed by atoms with Crippen LogP contribution in [0.2, 0.25) is 0 Å². The van der Waals surface area contributed by atoms with E-state index in [1.165, 1.54) is 12.1 Å². The molecule has 0 aromatic heterocycles. The minimum atomic E-state index is -4.38. The Balaban J connectivity index is 1.55. The molecule has 4 nitrogen and oxygen atoms in total. The fraction of sp³-hybridized carbons (Fsp3) is 0.435. The van der Waals surface area contributed by atoms with Gasteiger partial charge in [-0.25, -0.2) is 0 Å². The van der Waals surface area contributed by atoms with E-state index in [0.29, 0.717) is 23.2 Å². The maximum absolute atomic E-state index is 12.8. The van der Waals surface area contributed by atoms with Gasteiger partial charge in [0.05, 0.1) is 5.56 Å². The summed E-state index contributed by atoms with van der Waals surface area (Å²) in [6, 6.07) is 11.9. The van der Waals surface area contributed by atoms with Crippen molar-refractivity contribution < 1.29 is 18.0 Å². The van der Waals surface area contributed by atoms with Gasteiger partial charge in [0, 0.05) is 38.3 Å². The molecule has 0 spiro atoms. The number of hydrogen-bond acceptors (Lipinski definition) is 3. The highest BCUT2D eigenvalue weighted by molar-refractivity contribution is 6.00. The van der Waals surface area contributed by atoms with Crippen molar-refractivity contribution in [3.63, 3.8) is 0 Å². The third kappa shape index (κ3) is 5.83. The molecule has 7 heteroatoms. The van der Waals surface area contributed by atoms with Crippen LogP contribution in [-0.4, -0.2) is 61.5 Å². The maximum atomic E-state index is 12.8. The standard InChI is InChI=1S/C23H28F3N3O/c1-2-28-14-16-29(17-15-28)13-5-12-27-22(30)21-7-4-3-6-20(21)18-8-10-19(11-9-18)23(24,25)26/h3-4,6-11H,2,5,12-17H2,1H3,(H,27,30). The fourth-order valence-electron chi connectivity index (χ4n) is 3.70. The number of alkyl halides is 3. The lowest BCUT2D eigenvalue weighted by Gasteiger charge is -2.33. The van der Waals surface area contributed by atoms with E-state index in [2.05, 4.69) is 22.0 Å². The average molecular weight is 419 g/mol. The first kappa shape index (κ1) is 22.3. The van der Waals surface area contributed by atoms with Crippen molar-refractivity contribution in [3.05, 3.63) is 59.7 Å². The second kappa shape index (κ2) is 10.1. The summed E-state index contributed by atoms with van der Waals surface area (Å²) in [6.45, 7) is 9.05. The van der Waals surface area contributed by atoms with Gasteiger partial charge in [-0.05, 0) is 48.8 Å². The first-order valence-corrected chi connectivity index (χ1v) is 10.4. The molecule has 0 saturated carbocycles. The molecule has 0 unspecified atom stereocenters. The van der Waals surface area contributed by atoms with Crippen LogP contribution in [0.4, 0.5) is 13.2 Å². The lowest BCUT2D eigenvalue weighted by molar-refractivity contribution is -0.137. The summed E-state index contributed by atoms with van der Waals surface area (Å²) in [5.41, 5.74) is 0.976. The first-order valence-electron chi connectivity index (χ1n) is 10.4. The SMILES string of the molecule is CCN1CCN(CCCNC(=O)c2ccccc2-c2ccc(C(F)(F)F)cc2)CC1. The van der Waals surface area contributed by atoms with Crippen molar-refractivity contribution in [2.24, 2.45) is 0 Å². The quantitative estimate of drug-likeness (QED) is 0.686. The Hall–Kier alpha value is -2.38. The molecular formula is C23H28F3N3O. The van der Waals surface area contributed by atoms with Crippen LogP contribution in [0, 0.1) is 0 Å². The van der Waals surface area contributed by atoms with Crippen LogP contribution in [0.5, 0.6) is 0 Å². The van der Waals surface area contributed by atoms with E-state index in [4.69, 9.17) is 0 Å². The van der Waals surface area contributed by atoms with Crippen LogP contribution in [-0.2, 0) is 6.18 Å². The van der Waals surface area contributed by atoms with Gasteiger partial charge in [-0.3, -0.25) is 4.79 Å². The molecule has 1 aliphatic rings. The molecule has 30 heavy (non-hydrogen) atoms. The molecular weight excluding hydrogens is 391 g/mol. The van der Waals surface area contributed by atoms with Gasteiger partial charge in [0.1, 0.15) is 0 Å². The summed E-state index contributed by atoms with van der Waals surface area (Å²) in [5.74, 6) is -0.207. The number of benzene rings is 2. The number of hydrogen-bond donors (Lipinski definition) is 1. The molecule has 2 aromatic rings. The normalized spacial score (nSPS) is 15.9. The number of nitrogens with one attached hydrogen (secondary N) is 1. The maximum Gasteiger partial charge on any atom is 0.416 e. The Morgan fingerprint density at radius 3 is 2.23 bits per heavy atom. The van der Waals surface area contributed by atoms with Gasteiger partial charge in [-0.2, -0.15) is 13.2 Å². The Morgan fingerprint density at radius 2 is 1.60 bits per heavy atom. The monoisotopic (exact) mass is 419 g/mol. The predicted octanol–water partition coefficient (Wildman–Crippen LogP) is 4.13. The molecule has 1 saturated heterocycles. The van der Waals surface area contributed by atoms with E-state index in [1.807, 2.05) is 0 Å². The highest BCUT2D eigenvalue weighted by Crippen LogP contribution is 2.31. The van der Waals surface area contributed by atoms with Gasteiger partial charge in [0.15, 0.2) is 0 Å². The number of carbonyl (C=O) groups is 1. The lowest BCUT2D eigenvalue weighted by atomic mass is 9.98. The Morgan fingerprint density at radius 1 is 0.967 bits per heavy atom. The van der Waals surface area contributed by atoms with Crippen molar-refractivity contribution in [3.8, 4) is 11.1 Å². The minimum Gasteiger partial charge on any atom is -0.352 e. The Bertz CT molecular complexity index is 828. The van der Waals surface area contributed by atoms with E-state index >= 15 is 0 Å². The topological polar surface area (TPSA) is 35.6 Å². The van der Waals surface area contributed by atoms with Crippen LogP contribution >= 0.6 is 0 Å². The smallest absolute Gasteiger partial charge is 0.352 e. The largest absolute Gasteiger partial charge is 0.416 e. The van der Waals surface area contributed by atoms with Gasteiger partial charge in [0.2, 0.25) is 0 Å². The molecule has 1 fully saturated rings. The number of rotatable bonds is 7. The average Bonchev–Trinajstić information content (AvgIpc) is 2.76. The zero-order valence-electron chi connectivity index (χ0n) is 17.2. The van der Waals surface area contributed by atoms with Gasteiger partial charge in [-0.15, -0.1) is 0 Å². The molecule has 1 amide bonds. The number of nitrogens with zero attached hydrogens (tertiary/aromatic N) is 2. The molecule has 3 rings (SSSR count). The van der Waals surface area contributed by atoms with Crippen LogP contribution in [0.15, 0.2) is 48.5 Å². The molecule has 1 N–H and O–H groups in total. The number of halogens is 3. The van der Waals surface area contributed by atoms with Crippen LogP contribution in [0.3, 0.4) is 0 Å². The van der Waals surface area contributed by atoms with Gasteiger partial charge >= 0.3 is 6.18 Å². The van der Waals surface area contributed by atoms with E-state index in [9.17, 15) is 18.0 Å². The van der Waals surface area contributed by atoms with E-state index in [1.54, 1.807) is 24.3 Å². The highest BCUT2D eigenvalue weighted by Gasteiger charge is 2.30. The van der Waals surface area contributed by atoms with Crippen LogP contribution in [0.1, 0.15) is 29.3 Å². The molecule has 0 bridgehead atoms. The predicted molar refractivity (Wildman–Crippen MR) is 112 cm³/mol. The lowest BCUT2D eigenvalue weighted by Crippen LogP contribution is -2.46. The zero-order valence-corrected chi connectivity index (χ0v) is 17.2. The number of carbonyl (C=O) groups excluding carboxylic acids is 1. The van der Waals surface area contributed by atoms with Crippen molar-refractivity contribution in [2.45, 2.75) is 19.5 Å². The zero-order chi connectivity index (χ0) is 21.6. The number of amides is 1. The Kier molecular flexibility index (Phi) is 7.50. The highest BCUT2D eigenvalue weighted by atomic mass is 19.4. The second-order valence-corrected chi connectivity index (χ2v) is 7.51. The summed E-state index contributed by atoms with van der Waals surface area (Å²) >= 11 is 0. The van der Waals surface area contributed by atoms with E-state index in [0.717, 1.165) is 57.8 Å². The summed E-state index contributed by atoms with van der Waals surface area (Å²) in [6.07, 6.45) is -3.51. The molecule has 0 radical (unpaired) electrons. The number of likely N-dealkylation sites (N-methyl/N-ethyl adjacent to an activating group) is 1. The van der Waals surface area contributed by atoms with Crippen molar-refractivity contribution in [2.75, 3.05) is 45.8 Å². The molecule has 0 atom stereocenters. The molecule has 162 valence electrons. The minimum absolute atomic E-state index is 0.207. The molecule has 1 heterocycles. The van der Waals surface area contributed by atoms with Gasteiger partial charge in [-0.1, -0.05) is 37.3 Å². The Labute approximate surface area is 175 Å². The third-order valence-electron chi connectivity index (χ3n) is 5.54. The summed E-state index contributed by atoms with van der Waals surface area (Å²) in [5, 5.41) is 2.95. The van der Waals surface area contributed by atoms with Crippen LogP contribution < -0.4 is 5.32 Å². The summed E-state index contributed by atoms with van der Waals surface area (Å²) in [7, 11) is 0. The van der Waals surface area contributed by atoms with Crippen molar-refractivity contribution in [1.29, 1.82) is 0 Å². The second-order valence-electron chi connectivity index (χ2n) is 7.51. The summed E-state index contributed by atoms with van der Waals surface area (Å²) < 4.78 is 38.4. The third-order valence-corrected chi connectivity index (χ3v) is 5.54. The number of piperazine rings is 1. The van der Waals surface area contributed by atoms with Crippen molar-refractivity contribution in [1.82, 2.24) is 15.1 Å². The van der Waals surface area contributed by atoms with Crippen LogP contribution in [0.25, 0.3) is 11.1 Å². The van der Waals surface area contributed by atoms with Gasteiger partial charge in [0.25, 0.3) is 5.91 Å². The molecule has 2 aromatic carbocycles.